The van der Waals surface area contributed by atoms with Gasteiger partial charge in [-0.25, -0.2) is 0 Å². The molecule has 1 rings (SSSR count). The smallest absolute Gasteiger partial charge is 0.122 e. The fourth-order valence-corrected chi connectivity index (χ4v) is 1.33. The van der Waals surface area contributed by atoms with Crippen LogP contribution in [0.2, 0.25) is 5.02 Å². The van der Waals surface area contributed by atoms with Crippen LogP contribution in [0.5, 0.6) is 5.75 Å². The largest absolute Gasteiger partial charge is 0.484 e. The van der Waals surface area contributed by atoms with Crippen molar-refractivity contribution in [3.05, 3.63) is 48.4 Å². The molecule has 0 spiro atoms. The molecule has 0 aliphatic rings. The van der Waals surface area contributed by atoms with Gasteiger partial charge in [0.2, 0.25) is 0 Å². The lowest BCUT2D eigenvalue weighted by atomic mass is 10.1. The second-order valence-corrected chi connectivity index (χ2v) is 4.00. The van der Waals surface area contributed by atoms with E-state index in [4.69, 9.17) is 16.3 Å². The second kappa shape index (κ2) is 4.52. The van der Waals surface area contributed by atoms with Gasteiger partial charge < -0.3 is 4.74 Å². The summed E-state index contributed by atoms with van der Waals surface area (Å²) in [7, 11) is 0. The molecule has 0 heterocycles. The molecule has 1 aromatic rings. The average molecular weight is 210 g/mol. The van der Waals surface area contributed by atoms with Crippen LogP contribution in [0.25, 0.3) is 0 Å². The topological polar surface area (TPSA) is 9.23 Å². The Kier molecular flexibility index (Phi) is 3.59. The number of halogens is 1. The second-order valence-electron chi connectivity index (χ2n) is 3.57. The molecule has 1 nitrogen and oxygen atoms in total. The molecule has 0 aromatic heterocycles. The minimum Gasteiger partial charge on any atom is -0.484 e. The molecule has 0 saturated carbocycles. The Balaban J connectivity index is 2.78. The molecule has 1 aromatic carbocycles. The average Bonchev–Trinajstić information content (AvgIpc) is 2.02. The van der Waals surface area contributed by atoms with Crippen LogP contribution in [0.15, 0.2) is 36.4 Å². The van der Waals surface area contributed by atoms with E-state index in [0.29, 0.717) is 5.02 Å². The molecule has 75 valence electrons. The lowest BCUT2D eigenvalue weighted by Crippen LogP contribution is -2.24. The molecule has 0 saturated heterocycles. The van der Waals surface area contributed by atoms with Crippen LogP contribution >= 0.6 is 11.6 Å². The molecular formula is C12H14ClO. The summed E-state index contributed by atoms with van der Waals surface area (Å²) in [6.45, 7) is 7.58. The molecule has 0 aliphatic heterocycles. The van der Waals surface area contributed by atoms with Crippen LogP contribution in [0.1, 0.15) is 13.8 Å². The maximum Gasteiger partial charge on any atom is 0.122 e. The Labute approximate surface area is 90.3 Å². The highest BCUT2D eigenvalue weighted by atomic mass is 35.5. The van der Waals surface area contributed by atoms with E-state index < -0.39 is 0 Å². The van der Waals surface area contributed by atoms with E-state index >= 15 is 0 Å². The monoisotopic (exact) mass is 209 g/mol. The molecule has 2 heteroatoms. The van der Waals surface area contributed by atoms with E-state index in [9.17, 15) is 0 Å². The molecular weight excluding hydrogens is 196 g/mol. The molecule has 0 amide bonds. The zero-order valence-corrected chi connectivity index (χ0v) is 9.21. The highest BCUT2D eigenvalue weighted by Crippen LogP contribution is 2.22. The van der Waals surface area contributed by atoms with Gasteiger partial charge in [-0.2, -0.15) is 0 Å². The summed E-state index contributed by atoms with van der Waals surface area (Å²) in [4.78, 5) is 0. The maximum atomic E-state index is 5.84. The Morgan fingerprint density at radius 3 is 2.71 bits per heavy atom. The molecule has 0 atom stereocenters. The van der Waals surface area contributed by atoms with Gasteiger partial charge in [-0.15, -0.1) is 0 Å². The van der Waals surface area contributed by atoms with Crippen molar-refractivity contribution in [2.24, 2.45) is 0 Å². The van der Waals surface area contributed by atoms with Crippen LogP contribution in [-0.2, 0) is 0 Å². The van der Waals surface area contributed by atoms with Gasteiger partial charge in [0, 0.05) is 5.02 Å². The summed E-state index contributed by atoms with van der Waals surface area (Å²) in [6, 6.07) is 7.35. The summed E-state index contributed by atoms with van der Waals surface area (Å²) in [5.74, 6) is 0.764. The zero-order chi connectivity index (χ0) is 10.6. The summed E-state index contributed by atoms with van der Waals surface area (Å²) >= 11 is 5.84. The van der Waals surface area contributed by atoms with Crippen molar-refractivity contribution < 1.29 is 4.74 Å². The third-order valence-corrected chi connectivity index (χ3v) is 1.93. The summed E-state index contributed by atoms with van der Waals surface area (Å²) in [6.07, 6.45) is 3.62. The van der Waals surface area contributed by atoms with Crippen LogP contribution < -0.4 is 4.74 Å². The maximum absolute atomic E-state index is 5.84. The van der Waals surface area contributed by atoms with Gasteiger partial charge in [0.05, 0.1) is 0 Å². The number of hydrogen-bond acceptors (Lipinski definition) is 1. The van der Waals surface area contributed by atoms with E-state index in [1.54, 1.807) is 12.1 Å². The van der Waals surface area contributed by atoms with Crippen LogP contribution in [0.4, 0.5) is 0 Å². The first-order valence-electron chi connectivity index (χ1n) is 4.45. The van der Waals surface area contributed by atoms with E-state index in [0.717, 1.165) is 5.75 Å². The predicted molar refractivity (Wildman–Crippen MR) is 60.7 cm³/mol. The summed E-state index contributed by atoms with van der Waals surface area (Å²) < 4.78 is 5.71. The normalized spacial score (nSPS) is 12.0. The Morgan fingerprint density at radius 2 is 2.14 bits per heavy atom. The first-order valence-corrected chi connectivity index (χ1v) is 4.83. The number of benzene rings is 1. The molecule has 0 unspecified atom stereocenters. The molecule has 0 fully saturated rings. The fraction of sp³-hybridized carbons (Fsp3) is 0.250. The number of ether oxygens (including phenoxy) is 1. The molecule has 0 bridgehead atoms. The lowest BCUT2D eigenvalue weighted by molar-refractivity contribution is 0.162. The minimum absolute atomic E-state index is 0.355. The van der Waals surface area contributed by atoms with Crippen molar-refractivity contribution in [3.8, 4) is 5.75 Å². The van der Waals surface area contributed by atoms with Gasteiger partial charge in [-0.05, 0) is 45.0 Å². The van der Waals surface area contributed by atoms with E-state index in [1.807, 2.05) is 38.1 Å². The van der Waals surface area contributed by atoms with Gasteiger partial charge in [-0.1, -0.05) is 23.7 Å². The number of rotatable bonds is 3. The Hall–Kier alpha value is -0.950. The van der Waals surface area contributed by atoms with Crippen molar-refractivity contribution in [1.82, 2.24) is 0 Å². The molecule has 1 radical (unpaired) electrons. The van der Waals surface area contributed by atoms with Crippen molar-refractivity contribution in [1.29, 1.82) is 0 Å². The standard InChI is InChI=1S/C12H14ClO/c1-4-8-12(2,3)14-11-7-5-6-10(13)9-11/h4-9H,1H2,2-3H3. The van der Waals surface area contributed by atoms with E-state index in [2.05, 4.69) is 6.92 Å². The van der Waals surface area contributed by atoms with Gasteiger partial charge in [0.1, 0.15) is 11.4 Å². The molecule has 0 aliphatic carbocycles. The van der Waals surface area contributed by atoms with Crippen LogP contribution in [-0.4, -0.2) is 5.60 Å². The molecule has 14 heavy (non-hydrogen) atoms. The summed E-state index contributed by atoms with van der Waals surface area (Å²) in [5.41, 5.74) is -0.355. The third kappa shape index (κ3) is 3.43. The minimum atomic E-state index is -0.355. The number of hydrogen-bond donors (Lipinski definition) is 0. The van der Waals surface area contributed by atoms with E-state index in [1.165, 1.54) is 0 Å². The lowest BCUT2D eigenvalue weighted by Gasteiger charge is -2.22. The van der Waals surface area contributed by atoms with Crippen LogP contribution in [0, 0.1) is 6.92 Å². The van der Waals surface area contributed by atoms with Gasteiger partial charge in [0.15, 0.2) is 0 Å². The van der Waals surface area contributed by atoms with Gasteiger partial charge in [-0.3, -0.25) is 0 Å². The third-order valence-electron chi connectivity index (χ3n) is 1.70. The van der Waals surface area contributed by atoms with Gasteiger partial charge >= 0.3 is 0 Å². The van der Waals surface area contributed by atoms with Crippen molar-refractivity contribution in [3.63, 3.8) is 0 Å². The fourth-order valence-electron chi connectivity index (χ4n) is 1.15. The first kappa shape index (κ1) is 11.1. The highest BCUT2D eigenvalue weighted by molar-refractivity contribution is 6.30. The zero-order valence-electron chi connectivity index (χ0n) is 8.46. The predicted octanol–water partition coefficient (Wildman–Crippen LogP) is 3.89. The van der Waals surface area contributed by atoms with Crippen molar-refractivity contribution >= 4 is 11.6 Å². The Morgan fingerprint density at radius 1 is 1.43 bits per heavy atom. The summed E-state index contributed by atoms with van der Waals surface area (Å²) in [5, 5.41) is 0.678. The quantitative estimate of drug-likeness (QED) is 0.734. The van der Waals surface area contributed by atoms with E-state index in [-0.39, 0.29) is 5.60 Å². The highest BCUT2D eigenvalue weighted by Gasteiger charge is 2.14. The molecule has 0 N–H and O–H groups in total. The van der Waals surface area contributed by atoms with Crippen LogP contribution in [0.3, 0.4) is 0 Å². The Bertz CT molecular complexity index is 329. The van der Waals surface area contributed by atoms with Gasteiger partial charge in [0.25, 0.3) is 0 Å². The SMILES string of the molecule is [CH2]C=CC(C)(C)Oc1cccc(Cl)c1. The first-order chi connectivity index (χ1) is 6.53. The van der Waals surface area contributed by atoms with Crippen molar-refractivity contribution in [2.45, 2.75) is 19.4 Å². The number of allylic oxidation sites excluding steroid dienone is 1. The van der Waals surface area contributed by atoms with Crippen molar-refractivity contribution in [2.75, 3.05) is 0 Å².